The first-order valence-corrected chi connectivity index (χ1v) is 5.90. The minimum atomic E-state index is -0.279. The molecule has 2 aromatic rings. The third-order valence-corrected chi connectivity index (χ3v) is 3.39. The van der Waals surface area contributed by atoms with E-state index in [0.717, 1.165) is 26.9 Å². The second kappa shape index (κ2) is 3.96. The van der Waals surface area contributed by atoms with Crippen molar-refractivity contribution in [3.05, 3.63) is 53.6 Å². The molecule has 0 fully saturated rings. The SMILES string of the molecule is CN(N)C(=O)C1C=Cc2cccc3cccc1c23. The van der Waals surface area contributed by atoms with Gasteiger partial charge >= 0.3 is 0 Å². The summed E-state index contributed by atoms with van der Waals surface area (Å²) in [4.78, 5) is 12.1. The molecule has 18 heavy (non-hydrogen) atoms. The molecule has 3 nitrogen and oxygen atoms in total. The van der Waals surface area contributed by atoms with E-state index < -0.39 is 0 Å². The number of carbonyl (C=O) groups is 1. The first kappa shape index (κ1) is 11.0. The number of nitrogens with two attached hydrogens (primary N) is 1. The van der Waals surface area contributed by atoms with Gasteiger partial charge in [0, 0.05) is 7.05 Å². The molecule has 1 aliphatic carbocycles. The smallest absolute Gasteiger partial charge is 0.247 e. The van der Waals surface area contributed by atoms with Crippen molar-refractivity contribution in [2.24, 2.45) is 5.84 Å². The molecule has 0 aromatic heterocycles. The summed E-state index contributed by atoms with van der Waals surface area (Å²) in [6.07, 6.45) is 3.92. The fourth-order valence-electron chi connectivity index (χ4n) is 2.54. The van der Waals surface area contributed by atoms with Crippen molar-refractivity contribution in [2.45, 2.75) is 5.92 Å². The number of amides is 1. The lowest BCUT2D eigenvalue weighted by atomic mass is 9.85. The molecule has 0 spiro atoms. The van der Waals surface area contributed by atoms with Crippen LogP contribution in [-0.2, 0) is 4.79 Å². The Hall–Kier alpha value is -2.13. The second-order valence-corrected chi connectivity index (χ2v) is 4.58. The van der Waals surface area contributed by atoms with Crippen molar-refractivity contribution in [1.29, 1.82) is 0 Å². The number of hydrogen-bond donors (Lipinski definition) is 1. The number of carbonyl (C=O) groups excluding carboxylic acids is 1. The molecule has 3 rings (SSSR count). The van der Waals surface area contributed by atoms with Gasteiger partial charge in [0.05, 0.1) is 5.92 Å². The highest BCUT2D eigenvalue weighted by molar-refractivity contribution is 6.01. The van der Waals surface area contributed by atoms with Crippen LogP contribution < -0.4 is 5.84 Å². The fraction of sp³-hybridized carbons (Fsp3) is 0.133. The van der Waals surface area contributed by atoms with Crippen LogP contribution in [0, 0.1) is 0 Å². The Kier molecular flexibility index (Phi) is 2.42. The summed E-state index contributed by atoms with van der Waals surface area (Å²) in [5, 5.41) is 3.47. The van der Waals surface area contributed by atoms with Crippen LogP contribution in [0.15, 0.2) is 42.5 Å². The highest BCUT2D eigenvalue weighted by atomic mass is 16.2. The Morgan fingerprint density at radius 3 is 2.67 bits per heavy atom. The van der Waals surface area contributed by atoms with Crippen molar-refractivity contribution in [3.63, 3.8) is 0 Å². The van der Waals surface area contributed by atoms with E-state index in [9.17, 15) is 4.79 Å². The zero-order valence-electron chi connectivity index (χ0n) is 10.1. The van der Waals surface area contributed by atoms with E-state index in [1.165, 1.54) is 0 Å². The van der Waals surface area contributed by atoms with Crippen molar-refractivity contribution in [1.82, 2.24) is 5.01 Å². The molecule has 0 radical (unpaired) electrons. The zero-order valence-corrected chi connectivity index (χ0v) is 10.1. The Bertz CT molecular complexity index is 653. The molecule has 0 saturated heterocycles. The van der Waals surface area contributed by atoms with Crippen molar-refractivity contribution in [3.8, 4) is 0 Å². The summed E-state index contributed by atoms with van der Waals surface area (Å²) in [6.45, 7) is 0. The molecule has 90 valence electrons. The minimum absolute atomic E-state index is 0.0896. The Morgan fingerprint density at radius 2 is 1.94 bits per heavy atom. The van der Waals surface area contributed by atoms with Gasteiger partial charge in [-0.3, -0.25) is 9.80 Å². The summed E-state index contributed by atoms with van der Waals surface area (Å²) in [5.74, 6) is 5.20. The van der Waals surface area contributed by atoms with Crippen LogP contribution in [-0.4, -0.2) is 18.0 Å². The van der Waals surface area contributed by atoms with Gasteiger partial charge in [0.2, 0.25) is 5.91 Å². The predicted molar refractivity (Wildman–Crippen MR) is 72.7 cm³/mol. The maximum atomic E-state index is 12.1. The molecular formula is C15H14N2O. The van der Waals surface area contributed by atoms with E-state index in [1.54, 1.807) is 7.05 Å². The summed E-state index contributed by atoms with van der Waals surface area (Å²) in [7, 11) is 1.58. The molecule has 1 unspecified atom stereocenters. The molecule has 1 aliphatic rings. The van der Waals surface area contributed by atoms with Gasteiger partial charge in [-0.05, 0) is 21.9 Å². The van der Waals surface area contributed by atoms with Crippen LogP contribution in [0.1, 0.15) is 17.0 Å². The molecule has 0 heterocycles. The molecule has 0 bridgehead atoms. The van der Waals surface area contributed by atoms with Crippen LogP contribution >= 0.6 is 0 Å². The molecule has 1 atom stereocenters. The lowest BCUT2D eigenvalue weighted by Crippen LogP contribution is -2.36. The van der Waals surface area contributed by atoms with Gasteiger partial charge in [-0.2, -0.15) is 0 Å². The summed E-state index contributed by atoms with van der Waals surface area (Å²) in [6, 6.07) is 12.2. The lowest BCUT2D eigenvalue weighted by Gasteiger charge is -2.23. The quantitative estimate of drug-likeness (QED) is 0.470. The van der Waals surface area contributed by atoms with Gasteiger partial charge in [-0.1, -0.05) is 48.6 Å². The highest BCUT2D eigenvalue weighted by Crippen LogP contribution is 2.35. The molecule has 1 amide bonds. The maximum absolute atomic E-state index is 12.1. The van der Waals surface area contributed by atoms with Crippen LogP contribution in [0.3, 0.4) is 0 Å². The number of hydrogen-bond acceptors (Lipinski definition) is 2. The summed E-state index contributed by atoms with van der Waals surface area (Å²) < 4.78 is 0. The van der Waals surface area contributed by atoms with Gasteiger partial charge in [-0.15, -0.1) is 0 Å². The summed E-state index contributed by atoms with van der Waals surface area (Å²) >= 11 is 0. The van der Waals surface area contributed by atoms with E-state index >= 15 is 0 Å². The minimum Gasteiger partial charge on any atom is -0.283 e. The fourth-order valence-corrected chi connectivity index (χ4v) is 2.54. The molecular weight excluding hydrogens is 224 g/mol. The molecule has 0 saturated carbocycles. The topological polar surface area (TPSA) is 46.3 Å². The average Bonchev–Trinajstić information content (AvgIpc) is 2.39. The Morgan fingerprint density at radius 1 is 1.22 bits per heavy atom. The average molecular weight is 238 g/mol. The predicted octanol–water partition coefficient (Wildman–Crippen LogP) is 2.28. The number of likely N-dealkylation sites (N-methyl/N-ethyl adjacent to an activating group) is 1. The van der Waals surface area contributed by atoms with E-state index in [2.05, 4.69) is 18.2 Å². The lowest BCUT2D eigenvalue weighted by molar-refractivity contribution is -0.130. The van der Waals surface area contributed by atoms with Crippen LogP contribution in [0.25, 0.3) is 16.8 Å². The van der Waals surface area contributed by atoms with E-state index in [-0.39, 0.29) is 11.8 Å². The standard InChI is InChI=1S/C15H14N2O/c1-17(16)15(18)13-9-8-11-5-2-4-10-6-3-7-12(13)14(10)11/h2-9,13H,16H2,1H3. The van der Waals surface area contributed by atoms with Gasteiger partial charge in [0.25, 0.3) is 0 Å². The number of rotatable bonds is 1. The third-order valence-electron chi connectivity index (χ3n) is 3.39. The molecule has 2 N–H and O–H groups in total. The zero-order chi connectivity index (χ0) is 12.7. The number of nitrogens with zero attached hydrogens (tertiary/aromatic N) is 1. The van der Waals surface area contributed by atoms with Crippen molar-refractivity contribution >= 4 is 22.8 Å². The summed E-state index contributed by atoms with van der Waals surface area (Å²) in [5.41, 5.74) is 2.19. The van der Waals surface area contributed by atoms with E-state index in [1.807, 2.05) is 30.4 Å². The van der Waals surface area contributed by atoms with Crippen LogP contribution in [0.2, 0.25) is 0 Å². The molecule has 0 aliphatic heterocycles. The van der Waals surface area contributed by atoms with Crippen LogP contribution in [0.4, 0.5) is 0 Å². The normalized spacial score (nSPS) is 16.9. The van der Waals surface area contributed by atoms with Gasteiger partial charge < -0.3 is 0 Å². The number of hydrazine groups is 1. The van der Waals surface area contributed by atoms with Gasteiger partial charge in [0.15, 0.2) is 0 Å². The Balaban J connectivity index is 2.25. The van der Waals surface area contributed by atoms with Crippen molar-refractivity contribution < 1.29 is 4.79 Å². The van der Waals surface area contributed by atoms with Crippen LogP contribution in [0.5, 0.6) is 0 Å². The van der Waals surface area contributed by atoms with E-state index in [4.69, 9.17) is 5.84 Å². The second-order valence-electron chi connectivity index (χ2n) is 4.58. The third kappa shape index (κ3) is 1.52. The van der Waals surface area contributed by atoms with Gasteiger partial charge in [-0.25, -0.2) is 5.84 Å². The van der Waals surface area contributed by atoms with Gasteiger partial charge in [0.1, 0.15) is 0 Å². The molecule has 2 aromatic carbocycles. The maximum Gasteiger partial charge on any atom is 0.247 e. The Labute approximate surface area is 105 Å². The first-order valence-electron chi connectivity index (χ1n) is 5.90. The van der Waals surface area contributed by atoms with E-state index in [0.29, 0.717) is 0 Å². The largest absolute Gasteiger partial charge is 0.283 e. The van der Waals surface area contributed by atoms with Crippen molar-refractivity contribution in [2.75, 3.05) is 7.05 Å². The molecule has 3 heteroatoms. The monoisotopic (exact) mass is 238 g/mol. The first-order chi connectivity index (χ1) is 8.68. The number of benzene rings is 2. The highest BCUT2D eigenvalue weighted by Gasteiger charge is 2.24.